The van der Waals surface area contributed by atoms with Crippen LogP contribution in [0.2, 0.25) is 0 Å². The molecule has 0 heterocycles. The molecule has 0 amide bonds. The Morgan fingerprint density at radius 1 is 1.10 bits per heavy atom. The number of rotatable bonds is 3. The van der Waals surface area contributed by atoms with Gasteiger partial charge in [0.2, 0.25) is 0 Å². The van der Waals surface area contributed by atoms with Crippen molar-refractivity contribution in [2.45, 2.75) is 6.92 Å². The van der Waals surface area contributed by atoms with Crippen LogP contribution < -0.4 is 0 Å². The largest absolute Gasteiger partial charge is 0.452 e. The fraction of sp³-hybridized carbons (Fsp3) is 0.105. The van der Waals surface area contributed by atoms with E-state index in [1.54, 1.807) is 6.08 Å². The minimum Gasteiger partial charge on any atom is -0.452 e. The number of carbonyl (C=O) groups excluding carboxylic acids is 1. The van der Waals surface area contributed by atoms with E-state index in [0.29, 0.717) is 0 Å². The fourth-order valence-electron chi connectivity index (χ4n) is 1.67. The van der Waals surface area contributed by atoms with E-state index in [0.717, 1.165) is 16.7 Å². The highest BCUT2D eigenvalue weighted by molar-refractivity contribution is 5.89. The van der Waals surface area contributed by atoms with Crippen molar-refractivity contribution in [3.8, 4) is 11.8 Å². The standard InChI is InChI=1S/C19H16O2/c1-16-9-11-18(12-10-16)13-14-19(20)21-15-5-8-17-6-3-2-4-7-17/h2-12H,15H2,1H3/b8-5+. The monoisotopic (exact) mass is 276 g/mol. The lowest BCUT2D eigenvalue weighted by Crippen LogP contribution is -2.00. The summed E-state index contributed by atoms with van der Waals surface area (Å²) < 4.78 is 5.01. The van der Waals surface area contributed by atoms with E-state index < -0.39 is 5.97 Å². The zero-order valence-electron chi connectivity index (χ0n) is 11.9. The number of hydrogen-bond donors (Lipinski definition) is 0. The van der Waals surface area contributed by atoms with Crippen molar-refractivity contribution in [1.29, 1.82) is 0 Å². The first-order valence-corrected chi connectivity index (χ1v) is 6.71. The van der Waals surface area contributed by atoms with Gasteiger partial charge < -0.3 is 4.74 Å². The molecule has 0 unspecified atom stereocenters. The van der Waals surface area contributed by atoms with Crippen LogP contribution in [0.15, 0.2) is 60.7 Å². The number of ether oxygens (including phenoxy) is 1. The zero-order chi connectivity index (χ0) is 14.9. The van der Waals surface area contributed by atoms with E-state index in [-0.39, 0.29) is 6.61 Å². The van der Waals surface area contributed by atoms with Gasteiger partial charge in [0.15, 0.2) is 0 Å². The SMILES string of the molecule is Cc1ccc(C#CC(=O)OC/C=C/c2ccccc2)cc1. The van der Waals surface area contributed by atoms with E-state index in [9.17, 15) is 4.79 Å². The Bertz CT molecular complexity index is 671. The Balaban J connectivity index is 1.80. The van der Waals surface area contributed by atoms with Gasteiger partial charge in [0.1, 0.15) is 6.61 Å². The Morgan fingerprint density at radius 3 is 2.52 bits per heavy atom. The van der Waals surface area contributed by atoms with Gasteiger partial charge in [-0.25, -0.2) is 4.79 Å². The molecule has 104 valence electrons. The second-order valence-corrected chi connectivity index (χ2v) is 4.53. The molecule has 0 aliphatic carbocycles. The molecule has 0 radical (unpaired) electrons. The van der Waals surface area contributed by atoms with Crippen LogP contribution in [0.3, 0.4) is 0 Å². The zero-order valence-corrected chi connectivity index (χ0v) is 11.9. The Hall–Kier alpha value is -2.79. The van der Waals surface area contributed by atoms with Crippen LogP contribution in [-0.2, 0) is 9.53 Å². The molecule has 21 heavy (non-hydrogen) atoms. The van der Waals surface area contributed by atoms with Crippen LogP contribution in [0, 0.1) is 18.8 Å². The number of benzene rings is 2. The molecule has 0 bridgehead atoms. The summed E-state index contributed by atoms with van der Waals surface area (Å²) in [5.74, 6) is 4.73. The molecule has 0 aliphatic rings. The highest BCUT2D eigenvalue weighted by Gasteiger charge is 1.94. The fourth-order valence-corrected chi connectivity index (χ4v) is 1.67. The molecule has 2 rings (SSSR count). The second kappa shape index (κ2) is 7.72. The molecule has 0 saturated heterocycles. The Morgan fingerprint density at radius 2 is 1.81 bits per heavy atom. The third-order valence-electron chi connectivity index (χ3n) is 2.78. The molecule has 0 aromatic heterocycles. The van der Waals surface area contributed by atoms with Gasteiger partial charge in [0, 0.05) is 11.5 Å². The number of hydrogen-bond acceptors (Lipinski definition) is 2. The van der Waals surface area contributed by atoms with Crippen molar-refractivity contribution in [3.05, 3.63) is 77.4 Å². The van der Waals surface area contributed by atoms with E-state index in [4.69, 9.17) is 4.74 Å². The third-order valence-corrected chi connectivity index (χ3v) is 2.78. The quantitative estimate of drug-likeness (QED) is 0.632. The first-order chi connectivity index (χ1) is 10.2. The Kier molecular flexibility index (Phi) is 5.37. The summed E-state index contributed by atoms with van der Waals surface area (Å²) in [6.45, 7) is 2.22. The van der Waals surface area contributed by atoms with Gasteiger partial charge in [-0.1, -0.05) is 60.0 Å². The van der Waals surface area contributed by atoms with Crippen molar-refractivity contribution < 1.29 is 9.53 Å². The predicted octanol–water partition coefficient (Wildman–Crippen LogP) is 3.60. The lowest BCUT2D eigenvalue weighted by molar-refractivity contribution is -0.135. The molecule has 0 spiro atoms. The van der Waals surface area contributed by atoms with Crippen LogP contribution in [0.4, 0.5) is 0 Å². The van der Waals surface area contributed by atoms with Gasteiger partial charge in [-0.3, -0.25) is 0 Å². The summed E-state index contributed by atoms with van der Waals surface area (Å²) in [6.07, 6.45) is 3.70. The molecule has 2 aromatic rings. The normalized spacial score (nSPS) is 9.95. The van der Waals surface area contributed by atoms with Gasteiger partial charge in [-0.15, -0.1) is 0 Å². The van der Waals surface area contributed by atoms with Gasteiger partial charge in [-0.2, -0.15) is 0 Å². The maximum absolute atomic E-state index is 11.5. The summed E-state index contributed by atoms with van der Waals surface area (Å²) >= 11 is 0. The van der Waals surface area contributed by atoms with Crippen molar-refractivity contribution in [2.75, 3.05) is 6.61 Å². The van der Waals surface area contributed by atoms with E-state index in [2.05, 4.69) is 11.8 Å². The van der Waals surface area contributed by atoms with E-state index in [1.807, 2.05) is 67.6 Å². The molecular weight excluding hydrogens is 260 g/mol. The maximum atomic E-state index is 11.5. The predicted molar refractivity (Wildman–Crippen MR) is 84.5 cm³/mol. The topological polar surface area (TPSA) is 26.3 Å². The summed E-state index contributed by atoms with van der Waals surface area (Å²) in [5, 5.41) is 0. The minimum absolute atomic E-state index is 0.219. The number of aryl methyl sites for hydroxylation is 1. The van der Waals surface area contributed by atoms with Gasteiger partial charge in [-0.05, 0) is 30.7 Å². The summed E-state index contributed by atoms with van der Waals surface area (Å²) in [5.41, 5.74) is 3.03. The molecule has 2 nitrogen and oxygen atoms in total. The van der Waals surface area contributed by atoms with Gasteiger partial charge >= 0.3 is 5.97 Å². The van der Waals surface area contributed by atoms with Crippen LogP contribution in [-0.4, -0.2) is 12.6 Å². The molecule has 0 fully saturated rings. The van der Waals surface area contributed by atoms with Crippen molar-refractivity contribution >= 4 is 12.0 Å². The first-order valence-electron chi connectivity index (χ1n) is 6.71. The van der Waals surface area contributed by atoms with Crippen LogP contribution >= 0.6 is 0 Å². The molecule has 0 atom stereocenters. The minimum atomic E-state index is -0.520. The van der Waals surface area contributed by atoms with Gasteiger partial charge in [0.05, 0.1) is 0 Å². The highest BCUT2D eigenvalue weighted by atomic mass is 16.5. The van der Waals surface area contributed by atoms with E-state index >= 15 is 0 Å². The van der Waals surface area contributed by atoms with Crippen molar-refractivity contribution in [3.63, 3.8) is 0 Å². The van der Waals surface area contributed by atoms with Crippen LogP contribution in [0.25, 0.3) is 6.08 Å². The summed E-state index contributed by atoms with van der Waals surface area (Å²) in [4.78, 5) is 11.5. The molecule has 0 aliphatic heterocycles. The molecule has 0 N–H and O–H groups in total. The van der Waals surface area contributed by atoms with Crippen LogP contribution in [0.5, 0.6) is 0 Å². The third kappa shape index (κ3) is 5.38. The van der Waals surface area contributed by atoms with Gasteiger partial charge in [0.25, 0.3) is 0 Å². The number of carbonyl (C=O) groups is 1. The summed E-state index contributed by atoms with van der Waals surface area (Å²) in [7, 11) is 0. The average molecular weight is 276 g/mol. The average Bonchev–Trinajstić information content (AvgIpc) is 2.52. The lowest BCUT2D eigenvalue weighted by Gasteiger charge is -1.95. The van der Waals surface area contributed by atoms with E-state index in [1.165, 1.54) is 0 Å². The highest BCUT2D eigenvalue weighted by Crippen LogP contribution is 2.01. The smallest absolute Gasteiger partial charge is 0.385 e. The summed E-state index contributed by atoms with van der Waals surface area (Å²) in [6, 6.07) is 17.5. The second-order valence-electron chi connectivity index (χ2n) is 4.53. The maximum Gasteiger partial charge on any atom is 0.385 e. The van der Waals surface area contributed by atoms with Crippen molar-refractivity contribution in [2.24, 2.45) is 0 Å². The van der Waals surface area contributed by atoms with Crippen LogP contribution in [0.1, 0.15) is 16.7 Å². The molecular formula is C19H16O2. The van der Waals surface area contributed by atoms with Crippen molar-refractivity contribution in [1.82, 2.24) is 0 Å². The first kappa shape index (κ1) is 14.6. The molecule has 2 heteroatoms. The molecule has 2 aromatic carbocycles. The Labute approximate surface area is 125 Å². The number of esters is 1. The molecule has 0 saturated carbocycles. The lowest BCUT2D eigenvalue weighted by atomic mass is 10.2.